The third kappa shape index (κ3) is 5.93. The van der Waals surface area contributed by atoms with Gasteiger partial charge in [-0.3, -0.25) is 0 Å². The Balaban J connectivity index is 1.94. The number of benzene rings is 2. The molecule has 34 heavy (non-hydrogen) atoms. The van der Waals surface area contributed by atoms with Gasteiger partial charge in [0.2, 0.25) is 20.0 Å². The summed E-state index contributed by atoms with van der Waals surface area (Å²) in [4.78, 5) is -0.228. The van der Waals surface area contributed by atoms with Gasteiger partial charge < -0.3 is 5.11 Å². The molecule has 1 aliphatic heterocycles. The molecule has 0 amide bonds. The maximum Gasteiger partial charge on any atom is 0.243 e. The van der Waals surface area contributed by atoms with Crippen LogP contribution in [0.4, 0.5) is 0 Å². The minimum atomic E-state index is -4.35. The molecule has 1 aliphatic rings. The van der Waals surface area contributed by atoms with E-state index >= 15 is 0 Å². The van der Waals surface area contributed by atoms with Crippen molar-refractivity contribution in [3.63, 3.8) is 0 Å². The highest BCUT2D eigenvalue weighted by atomic mass is 35.5. The first-order valence-electron chi connectivity index (χ1n) is 10.1. The SMILES string of the molecule is Cc1ccc(Cl)cc1S(=O)(=O)NCCN([C@@H]1CS(=O)(=O)C[C@H]1O)S(=O)(=O)c1cc(Cl)ccc1C. The summed E-state index contributed by atoms with van der Waals surface area (Å²) in [5, 5.41) is 10.7. The molecule has 0 spiro atoms. The average molecular weight is 572 g/mol. The zero-order valence-corrected chi connectivity index (χ0v) is 22.2. The third-order valence-corrected chi connectivity index (χ3v) is 11.3. The topological polar surface area (TPSA) is 138 Å². The number of aliphatic hydroxyl groups excluding tert-OH is 1. The Bertz CT molecular complexity index is 1410. The lowest BCUT2D eigenvalue weighted by Crippen LogP contribution is -2.49. The highest BCUT2D eigenvalue weighted by Gasteiger charge is 2.45. The van der Waals surface area contributed by atoms with Gasteiger partial charge in [0.25, 0.3) is 0 Å². The number of sulfone groups is 1. The summed E-state index contributed by atoms with van der Waals surface area (Å²) in [7, 11) is -12.1. The van der Waals surface area contributed by atoms with E-state index < -0.39 is 60.1 Å². The lowest BCUT2D eigenvalue weighted by atomic mass is 10.2. The number of sulfonamides is 2. The number of aliphatic hydroxyl groups is 1. The van der Waals surface area contributed by atoms with Crippen molar-refractivity contribution in [2.75, 3.05) is 24.6 Å². The Kier molecular flexibility index (Phi) is 8.05. The molecule has 0 aliphatic carbocycles. The number of nitrogens with zero attached hydrogens (tertiary/aromatic N) is 1. The van der Waals surface area contributed by atoms with E-state index in [-0.39, 0.29) is 26.4 Å². The first-order valence-corrected chi connectivity index (χ1v) is 15.6. The van der Waals surface area contributed by atoms with Gasteiger partial charge in [-0.05, 0) is 49.2 Å². The summed E-state index contributed by atoms with van der Waals surface area (Å²) >= 11 is 11.9. The van der Waals surface area contributed by atoms with Crippen molar-refractivity contribution < 1.29 is 30.4 Å². The van der Waals surface area contributed by atoms with Gasteiger partial charge in [0.1, 0.15) is 0 Å². The van der Waals surface area contributed by atoms with Crippen LogP contribution in [0.25, 0.3) is 0 Å². The van der Waals surface area contributed by atoms with Crippen LogP contribution in [-0.2, 0) is 29.9 Å². The van der Waals surface area contributed by atoms with E-state index in [9.17, 15) is 30.4 Å². The molecule has 0 saturated carbocycles. The van der Waals surface area contributed by atoms with Crippen molar-refractivity contribution in [2.24, 2.45) is 0 Å². The Hall–Kier alpha value is -1.25. The Morgan fingerprint density at radius 2 is 1.50 bits per heavy atom. The van der Waals surface area contributed by atoms with E-state index in [4.69, 9.17) is 23.2 Å². The highest BCUT2D eigenvalue weighted by Crippen LogP contribution is 2.29. The van der Waals surface area contributed by atoms with Gasteiger partial charge in [0.15, 0.2) is 9.84 Å². The molecular weight excluding hydrogens is 547 g/mol. The van der Waals surface area contributed by atoms with Gasteiger partial charge in [-0.15, -0.1) is 0 Å². The quantitative estimate of drug-likeness (QED) is 0.492. The standard InChI is InChI=1S/C20H24Cl2N2O7S3/c1-13-3-5-15(21)9-19(13)33(28,29)23-7-8-24(17-11-32(26,27)12-18(17)25)34(30,31)20-10-16(22)6-4-14(20)2/h3-6,9-10,17-18,23,25H,7-8,11-12H2,1-2H3/t17-,18-/m1/s1. The molecule has 0 aromatic heterocycles. The van der Waals surface area contributed by atoms with E-state index in [0.29, 0.717) is 11.1 Å². The van der Waals surface area contributed by atoms with Crippen LogP contribution in [0.1, 0.15) is 11.1 Å². The molecule has 1 saturated heterocycles. The molecule has 2 aromatic carbocycles. The lowest BCUT2D eigenvalue weighted by molar-refractivity contribution is 0.128. The van der Waals surface area contributed by atoms with Crippen LogP contribution in [0, 0.1) is 13.8 Å². The largest absolute Gasteiger partial charge is 0.390 e. The summed E-state index contributed by atoms with van der Waals surface area (Å²) in [5.41, 5.74) is 0.799. The van der Waals surface area contributed by atoms with E-state index in [2.05, 4.69) is 4.72 Å². The molecule has 0 unspecified atom stereocenters. The summed E-state index contributed by atoms with van der Waals surface area (Å²) in [6, 6.07) is 7.31. The second-order valence-electron chi connectivity index (χ2n) is 8.04. The van der Waals surface area contributed by atoms with Gasteiger partial charge >= 0.3 is 0 Å². The second-order valence-corrected chi connectivity index (χ2v) is 14.7. The number of aryl methyl sites for hydroxylation is 2. The van der Waals surface area contributed by atoms with Crippen LogP contribution >= 0.6 is 23.2 Å². The van der Waals surface area contributed by atoms with E-state index in [1.165, 1.54) is 30.3 Å². The van der Waals surface area contributed by atoms with Crippen LogP contribution < -0.4 is 4.72 Å². The minimum absolute atomic E-state index is 0.0661. The summed E-state index contributed by atoms with van der Waals surface area (Å²) < 4.78 is 80.0. The summed E-state index contributed by atoms with van der Waals surface area (Å²) in [6.45, 7) is 2.33. The first kappa shape index (κ1) is 27.3. The Labute approximate surface area is 209 Å². The van der Waals surface area contributed by atoms with E-state index in [1.54, 1.807) is 19.9 Å². The van der Waals surface area contributed by atoms with E-state index in [0.717, 1.165) is 4.31 Å². The third-order valence-electron chi connectivity index (χ3n) is 5.46. The molecule has 1 heterocycles. The van der Waals surface area contributed by atoms with Gasteiger partial charge in [-0.1, -0.05) is 35.3 Å². The molecule has 2 atom stereocenters. The predicted molar refractivity (Wildman–Crippen MR) is 130 cm³/mol. The molecule has 1 fully saturated rings. The predicted octanol–water partition coefficient (Wildman–Crippen LogP) is 1.74. The smallest absolute Gasteiger partial charge is 0.243 e. The number of nitrogens with one attached hydrogen (secondary N) is 1. The fraction of sp³-hybridized carbons (Fsp3) is 0.400. The van der Waals surface area contributed by atoms with Crippen molar-refractivity contribution in [3.05, 3.63) is 57.6 Å². The molecule has 2 N–H and O–H groups in total. The lowest BCUT2D eigenvalue weighted by Gasteiger charge is -2.30. The van der Waals surface area contributed by atoms with Crippen LogP contribution in [0.5, 0.6) is 0 Å². The Morgan fingerprint density at radius 1 is 0.971 bits per heavy atom. The van der Waals surface area contributed by atoms with Crippen LogP contribution in [0.15, 0.2) is 46.2 Å². The van der Waals surface area contributed by atoms with Crippen molar-refractivity contribution in [2.45, 2.75) is 35.8 Å². The number of rotatable bonds is 8. The number of halogens is 2. The molecule has 3 rings (SSSR count). The van der Waals surface area contributed by atoms with Crippen LogP contribution in [-0.4, -0.2) is 71.4 Å². The van der Waals surface area contributed by atoms with Crippen molar-refractivity contribution in [1.82, 2.24) is 9.03 Å². The zero-order valence-electron chi connectivity index (χ0n) is 18.3. The summed E-state index contributed by atoms with van der Waals surface area (Å²) in [5.74, 6) is -1.18. The number of hydrogen-bond acceptors (Lipinski definition) is 7. The molecule has 2 aromatic rings. The second kappa shape index (κ2) is 10.0. The monoisotopic (exact) mass is 570 g/mol. The average Bonchev–Trinajstić information content (AvgIpc) is 3.00. The van der Waals surface area contributed by atoms with Crippen LogP contribution in [0.2, 0.25) is 10.0 Å². The highest BCUT2D eigenvalue weighted by molar-refractivity contribution is 7.92. The van der Waals surface area contributed by atoms with Crippen molar-refractivity contribution in [1.29, 1.82) is 0 Å². The normalized spacial score (nSPS) is 20.6. The van der Waals surface area contributed by atoms with Gasteiger partial charge in [0, 0.05) is 23.1 Å². The first-order chi connectivity index (χ1) is 15.6. The van der Waals surface area contributed by atoms with Crippen LogP contribution in [0.3, 0.4) is 0 Å². The van der Waals surface area contributed by atoms with Crippen molar-refractivity contribution >= 4 is 53.1 Å². The van der Waals surface area contributed by atoms with E-state index in [1.807, 2.05) is 0 Å². The molecular formula is C20H24Cl2N2O7S3. The maximum absolute atomic E-state index is 13.5. The zero-order chi connectivity index (χ0) is 25.5. The molecule has 188 valence electrons. The minimum Gasteiger partial charge on any atom is -0.390 e. The van der Waals surface area contributed by atoms with Gasteiger partial charge in [-0.2, -0.15) is 4.31 Å². The molecule has 14 heteroatoms. The summed E-state index contributed by atoms with van der Waals surface area (Å²) in [6.07, 6.45) is -1.47. The molecule has 9 nitrogen and oxygen atoms in total. The van der Waals surface area contributed by atoms with Gasteiger partial charge in [0.05, 0.1) is 33.4 Å². The molecule has 0 radical (unpaired) electrons. The number of hydrogen-bond donors (Lipinski definition) is 2. The fourth-order valence-corrected chi connectivity index (χ4v) is 9.32. The maximum atomic E-state index is 13.5. The molecule has 0 bridgehead atoms. The van der Waals surface area contributed by atoms with Crippen molar-refractivity contribution in [3.8, 4) is 0 Å². The Morgan fingerprint density at radius 3 is 2.03 bits per heavy atom. The van der Waals surface area contributed by atoms with Gasteiger partial charge in [-0.25, -0.2) is 30.0 Å². The fourth-order valence-electron chi connectivity index (χ4n) is 3.76.